The second-order valence-electron chi connectivity index (χ2n) is 12.1. The molecule has 2 fully saturated rings. The van der Waals surface area contributed by atoms with Crippen LogP contribution in [-0.2, 0) is 14.4 Å². The lowest BCUT2D eigenvalue weighted by atomic mass is 9.74. The first-order valence-corrected chi connectivity index (χ1v) is 16.3. The van der Waals surface area contributed by atoms with E-state index in [-0.39, 0.29) is 24.3 Å². The van der Waals surface area contributed by atoms with Crippen LogP contribution < -0.4 is 9.80 Å². The van der Waals surface area contributed by atoms with Crippen molar-refractivity contribution >= 4 is 52.5 Å². The van der Waals surface area contributed by atoms with Crippen molar-refractivity contribution in [2.45, 2.75) is 55.1 Å². The first-order chi connectivity index (χ1) is 20.7. The van der Waals surface area contributed by atoms with Crippen LogP contribution in [0.2, 0.25) is 5.02 Å². The van der Waals surface area contributed by atoms with Gasteiger partial charge in [-0.2, -0.15) is 0 Å². The van der Waals surface area contributed by atoms with Gasteiger partial charge in [-0.1, -0.05) is 79.1 Å². The molecule has 0 radical (unpaired) electrons. The Kier molecular flexibility index (Phi) is 8.22. The highest BCUT2D eigenvalue weighted by molar-refractivity contribution is 8.02. The Labute approximate surface area is 262 Å². The minimum Gasteiger partial charge on any atom is -0.396 e. The number of unbranched alkanes of at least 4 members (excludes halogenated alkanes) is 3. The minimum absolute atomic E-state index is 0.0890. The zero-order valence-corrected chi connectivity index (χ0v) is 26.2. The Hall–Kier alpha value is -3.07. The molecule has 7 nitrogen and oxygen atoms in total. The lowest BCUT2D eigenvalue weighted by molar-refractivity contribution is -0.139. The van der Waals surface area contributed by atoms with Gasteiger partial charge >= 0.3 is 0 Å². The molecule has 0 bridgehead atoms. The summed E-state index contributed by atoms with van der Waals surface area (Å²) in [7, 11) is 0. The van der Waals surface area contributed by atoms with Gasteiger partial charge < -0.3 is 19.8 Å². The second kappa shape index (κ2) is 11.8. The number of anilines is 2. The number of nitrogens with zero attached hydrogens (tertiary/aromatic N) is 3. The maximum Gasteiger partial charge on any atom is 0.251 e. The lowest BCUT2D eigenvalue weighted by Crippen LogP contribution is -2.53. The number of aliphatic hydroxyl groups is 1. The van der Waals surface area contributed by atoms with Gasteiger partial charge in [0.05, 0.1) is 27.3 Å². The molecular formula is C34H38ClN3O4S. The predicted octanol–water partition coefficient (Wildman–Crippen LogP) is 5.39. The number of halogens is 1. The van der Waals surface area contributed by atoms with Crippen LogP contribution in [0.3, 0.4) is 0 Å². The van der Waals surface area contributed by atoms with Crippen LogP contribution in [0.1, 0.15) is 38.2 Å². The average molecular weight is 620 g/mol. The van der Waals surface area contributed by atoms with E-state index in [1.165, 1.54) is 0 Å². The van der Waals surface area contributed by atoms with Crippen molar-refractivity contribution in [2.24, 2.45) is 11.8 Å². The zero-order valence-electron chi connectivity index (χ0n) is 24.6. The molecule has 5 atom stereocenters. The molecule has 2 aromatic rings. The van der Waals surface area contributed by atoms with Crippen LogP contribution in [0.15, 0.2) is 72.8 Å². The number of carbonyl (C=O) groups excluding carboxylic acids is 3. The fourth-order valence-corrected chi connectivity index (χ4v) is 10.00. The number of benzene rings is 2. The fraction of sp³-hybridized carbons (Fsp3) is 0.441. The fourth-order valence-electron chi connectivity index (χ4n) is 7.51. The third-order valence-corrected chi connectivity index (χ3v) is 11.5. The van der Waals surface area contributed by atoms with Crippen LogP contribution in [-0.4, -0.2) is 69.5 Å². The molecule has 2 aromatic carbocycles. The van der Waals surface area contributed by atoms with Crippen molar-refractivity contribution < 1.29 is 19.5 Å². The SMILES string of the molecule is Cc1cccc(Cl)c1N1CC=C[C@]23S[C@]4(C)C=CCN(c5ccccc5)C(=O)[C@@H]4[C@H]2C(=O)N(CCCCCCO)C3C1=O. The molecule has 4 aliphatic heterocycles. The third-order valence-electron chi connectivity index (χ3n) is 9.39. The third kappa shape index (κ3) is 4.92. The van der Waals surface area contributed by atoms with Crippen LogP contribution in [0.4, 0.5) is 11.4 Å². The van der Waals surface area contributed by atoms with E-state index in [0.29, 0.717) is 43.2 Å². The van der Waals surface area contributed by atoms with Gasteiger partial charge in [0.2, 0.25) is 11.8 Å². The van der Waals surface area contributed by atoms with Crippen molar-refractivity contribution in [1.29, 1.82) is 0 Å². The highest BCUT2D eigenvalue weighted by Gasteiger charge is 2.74. The Bertz CT molecular complexity index is 1460. The van der Waals surface area contributed by atoms with Gasteiger partial charge in [0.1, 0.15) is 6.04 Å². The van der Waals surface area contributed by atoms with Gasteiger partial charge in [0, 0.05) is 36.7 Å². The van der Waals surface area contributed by atoms with E-state index >= 15 is 0 Å². The van der Waals surface area contributed by atoms with Gasteiger partial charge in [-0.15, -0.1) is 11.8 Å². The monoisotopic (exact) mass is 619 g/mol. The quantitative estimate of drug-likeness (QED) is 0.316. The molecule has 4 heterocycles. The maximum absolute atomic E-state index is 14.8. The highest BCUT2D eigenvalue weighted by atomic mass is 35.5. The van der Waals surface area contributed by atoms with E-state index in [9.17, 15) is 19.5 Å². The molecule has 1 spiro atoms. The molecule has 1 N–H and O–H groups in total. The van der Waals surface area contributed by atoms with E-state index in [1.807, 2.05) is 68.5 Å². The number of hydrogen-bond donors (Lipinski definition) is 1. The Morgan fingerprint density at radius 1 is 0.860 bits per heavy atom. The highest BCUT2D eigenvalue weighted by Crippen LogP contribution is 2.65. The molecule has 4 aliphatic rings. The zero-order chi connectivity index (χ0) is 30.4. The van der Waals surface area contributed by atoms with Crippen LogP contribution in [0.25, 0.3) is 0 Å². The number of aryl methyl sites for hydroxylation is 1. The Morgan fingerprint density at radius 3 is 2.33 bits per heavy atom. The van der Waals surface area contributed by atoms with Crippen molar-refractivity contribution in [1.82, 2.24) is 4.90 Å². The molecule has 6 rings (SSSR count). The van der Waals surface area contributed by atoms with E-state index < -0.39 is 27.4 Å². The molecule has 9 heteroatoms. The molecular weight excluding hydrogens is 582 g/mol. The van der Waals surface area contributed by atoms with E-state index in [2.05, 4.69) is 12.2 Å². The lowest BCUT2D eigenvalue weighted by Gasteiger charge is -2.37. The summed E-state index contributed by atoms with van der Waals surface area (Å²) in [6.07, 6.45) is 11.2. The standard InChI is InChI=1S/C34H38ClN3O4S/c1-23-13-10-16-25(35)28(23)37-21-12-18-34-27(31(41)38(29(34)32(37)42)19-8-3-4-9-22-39)26-30(40)36(24-14-6-5-7-15-24)20-11-17-33(26,2)43-34/h5-7,10-18,26-27,29,39H,3-4,8-9,19-22H2,1-2H3/t26-,27-,29?,33+,34-/m0/s1. The minimum atomic E-state index is -0.914. The number of para-hydroxylation sites is 2. The van der Waals surface area contributed by atoms with Crippen molar-refractivity contribution in [3.8, 4) is 0 Å². The number of likely N-dealkylation sites (tertiary alicyclic amines) is 1. The first-order valence-electron chi connectivity index (χ1n) is 15.1. The van der Waals surface area contributed by atoms with E-state index in [0.717, 1.165) is 24.1 Å². The molecule has 226 valence electrons. The molecule has 3 amide bonds. The summed E-state index contributed by atoms with van der Waals surface area (Å²) in [6, 6.07) is 14.4. The van der Waals surface area contributed by atoms with Gasteiger partial charge in [-0.25, -0.2) is 0 Å². The summed E-state index contributed by atoms with van der Waals surface area (Å²) in [5.41, 5.74) is 2.33. The van der Waals surface area contributed by atoms with Crippen molar-refractivity contribution in [3.63, 3.8) is 0 Å². The molecule has 2 saturated heterocycles. The molecule has 0 aromatic heterocycles. The normalized spacial score (nSPS) is 29.9. The smallest absolute Gasteiger partial charge is 0.251 e. The number of aliphatic hydroxyl groups excluding tert-OH is 1. The van der Waals surface area contributed by atoms with Gasteiger partial charge in [-0.3, -0.25) is 14.4 Å². The Morgan fingerprint density at radius 2 is 1.58 bits per heavy atom. The average Bonchev–Trinajstić information content (AvgIpc) is 3.25. The number of amides is 3. The topological polar surface area (TPSA) is 81.2 Å². The summed E-state index contributed by atoms with van der Waals surface area (Å²) < 4.78 is -1.59. The van der Waals surface area contributed by atoms with Crippen molar-refractivity contribution in [2.75, 3.05) is 36.0 Å². The van der Waals surface area contributed by atoms with Crippen LogP contribution in [0.5, 0.6) is 0 Å². The van der Waals surface area contributed by atoms with E-state index in [1.54, 1.807) is 32.5 Å². The number of carbonyl (C=O) groups is 3. The summed E-state index contributed by atoms with van der Waals surface area (Å²) in [5.74, 6) is -1.73. The molecule has 0 saturated carbocycles. The number of hydrogen-bond acceptors (Lipinski definition) is 5. The summed E-state index contributed by atoms with van der Waals surface area (Å²) in [4.78, 5) is 49.2. The van der Waals surface area contributed by atoms with Gasteiger partial charge in [0.25, 0.3) is 5.91 Å². The number of fused-ring (bicyclic) bond motifs is 2. The number of rotatable bonds is 8. The summed E-state index contributed by atoms with van der Waals surface area (Å²) in [6.45, 7) is 5.28. The summed E-state index contributed by atoms with van der Waals surface area (Å²) >= 11 is 8.27. The predicted molar refractivity (Wildman–Crippen MR) is 172 cm³/mol. The maximum atomic E-state index is 14.8. The van der Waals surface area contributed by atoms with Crippen molar-refractivity contribution in [3.05, 3.63) is 83.4 Å². The largest absolute Gasteiger partial charge is 0.396 e. The molecule has 1 unspecified atom stereocenters. The van der Waals surface area contributed by atoms with Crippen LogP contribution >= 0.6 is 23.4 Å². The second-order valence-corrected chi connectivity index (χ2v) is 14.3. The van der Waals surface area contributed by atoms with E-state index in [4.69, 9.17) is 11.6 Å². The Balaban J connectivity index is 1.44. The van der Waals surface area contributed by atoms with Gasteiger partial charge in [0.15, 0.2) is 0 Å². The van der Waals surface area contributed by atoms with Crippen LogP contribution in [0, 0.1) is 18.8 Å². The first kappa shape index (κ1) is 30.0. The van der Waals surface area contributed by atoms with Gasteiger partial charge in [-0.05, 0) is 50.5 Å². The summed E-state index contributed by atoms with van der Waals surface area (Å²) in [5, 5.41) is 9.73. The molecule has 43 heavy (non-hydrogen) atoms. The number of thioether (sulfide) groups is 1. The molecule has 0 aliphatic carbocycles.